The van der Waals surface area contributed by atoms with Gasteiger partial charge in [-0.2, -0.15) is 0 Å². The summed E-state index contributed by atoms with van der Waals surface area (Å²) in [5, 5.41) is 0. The first-order valence-electron chi connectivity index (χ1n) is 8.22. The summed E-state index contributed by atoms with van der Waals surface area (Å²) in [7, 11) is 0. The molecule has 0 amide bonds. The molecule has 2 aliphatic heterocycles. The Morgan fingerprint density at radius 2 is 1.12 bits per heavy atom. The first kappa shape index (κ1) is 16.6. The summed E-state index contributed by atoms with van der Waals surface area (Å²) in [6.45, 7) is 0. The fourth-order valence-corrected chi connectivity index (χ4v) is 10.5. The standard InChI is InChI=1S/2C9H10NO2.Sn/c2*10-8(9(11)12)6-7-4-2-1-3-5-7;/h2*1-5,8,10H,6H2,(H,11,12);/q2*-1;+4/p-2. The Balaban J connectivity index is 1.44. The molecule has 2 unspecified atom stereocenters. The van der Waals surface area contributed by atoms with E-state index in [0.717, 1.165) is 11.1 Å². The van der Waals surface area contributed by atoms with E-state index in [0.29, 0.717) is 12.8 Å². The van der Waals surface area contributed by atoms with Crippen LogP contribution in [0.15, 0.2) is 60.7 Å². The zero-order valence-electron chi connectivity index (χ0n) is 13.5. The second-order valence-corrected chi connectivity index (χ2v) is 12.6. The molecule has 25 heavy (non-hydrogen) atoms. The van der Waals surface area contributed by atoms with Gasteiger partial charge in [0.2, 0.25) is 0 Å². The summed E-state index contributed by atoms with van der Waals surface area (Å²) in [4.78, 5) is 24.5. The Labute approximate surface area is 151 Å². The number of carbonyl (C=O) groups is 2. The van der Waals surface area contributed by atoms with Gasteiger partial charge in [-0.05, 0) is 0 Å². The van der Waals surface area contributed by atoms with Crippen molar-refractivity contribution in [3.05, 3.63) is 71.8 Å². The van der Waals surface area contributed by atoms with E-state index in [2.05, 4.69) is 7.08 Å². The fourth-order valence-electron chi connectivity index (χ4n) is 3.15. The predicted molar refractivity (Wildman–Crippen MR) is 92.1 cm³/mol. The van der Waals surface area contributed by atoms with Gasteiger partial charge in [-0.25, -0.2) is 0 Å². The molecule has 2 aliphatic rings. The van der Waals surface area contributed by atoms with Gasteiger partial charge in [0.1, 0.15) is 0 Å². The average Bonchev–Trinajstić information content (AvgIpc) is 3.07. The SMILES string of the molecule is O=C1[O][Sn]2([NH]C1Cc1ccccc1)[NH]C(Cc1ccccc1)C(=O)[O]2. The molecule has 0 bridgehead atoms. The molecule has 0 radical (unpaired) electrons. The van der Waals surface area contributed by atoms with Gasteiger partial charge in [0, 0.05) is 0 Å². The molecule has 2 heterocycles. The third kappa shape index (κ3) is 3.56. The summed E-state index contributed by atoms with van der Waals surface area (Å²) in [5.74, 6) is -0.694. The molecule has 2 fully saturated rings. The molecule has 6 nitrogen and oxygen atoms in total. The molecule has 2 saturated heterocycles. The Morgan fingerprint density at radius 3 is 1.52 bits per heavy atom. The van der Waals surface area contributed by atoms with E-state index < -0.39 is 31.8 Å². The molecule has 1 spiro atoms. The van der Waals surface area contributed by atoms with Crippen LogP contribution in [0.4, 0.5) is 0 Å². The second-order valence-electron chi connectivity index (χ2n) is 6.23. The van der Waals surface area contributed by atoms with Crippen LogP contribution in [0, 0.1) is 0 Å². The number of hydrogen-bond donors (Lipinski definition) is 2. The van der Waals surface area contributed by atoms with E-state index >= 15 is 0 Å². The van der Waals surface area contributed by atoms with E-state index in [1.807, 2.05) is 60.7 Å². The van der Waals surface area contributed by atoms with Crippen molar-refractivity contribution in [1.82, 2.24) is 7.08 Å². The van der Waals surface area contributed by atoms with Crippen LogP contribution < -0.4 is 7.08 Å². The predicted octanol–water partition coefficient (Wildman–Crippen LogP) is 0.937. The summed E-state index contributed by atoms with van der Waals surface area (Å²) < 4.78 is 17.5. The van der Waals surface area contributed by atoms with Crippen molar-refractivity contribution in [1.29, 1.82) is 0 Å². The number of benzene rings is 2. The van der Waals surface area contributed by atoms with Gasteiger partial charge in [-0.1, -0.05) is 0 Å². The van der Waals surface area contributed by atoms with Gasteiger partial charge in [0.05, 0.1) is 0 Å². The van der Waals surface area contributed by atoms with E-state index in [4.69, 9.17) is 6.15 Å². The molecule has 7 heteroatoms. The van der Waals surface area contributed by atoms with Crippen molar-refractivity contribution in [2.24, 2.45) is 0 Å². The van der Waals surface area contributed by atoms with E-state index in [1.54, 1.807) is 0 Å². The normalized spacial score (nSPS) is 28.2. The molecular formula is C18H18N2O4Sn. The van der Waals surface area contributed by atoms with Gasteiger partial charge in [0.25, 0.3) is 0 Å². The van der Waals surface area contributed by atoms with Crippen LogP contribution in [0.25, 0.3) is 0 Å². The quantitative estimate of drug-likeness (QED) is 0.683. The third-order valence-corrected chi connectivity index (χ3v) is 11.3. The first-order chi connectivity index (χ1) is 12.1. The Bertz CT molecular complexity index is 717. The summed E-state index contributed by atoms with van der Waals surface area (Å²) in [6, 6.07) is 18.5. The van der Waals surface area contributed by atoms with Gasteiger partial charge in [-0.15, -0.1) is 0 Å². The second kappa shape index (κ2) is 6.78. The van der Waals surface area contributed by atoms with Crippen LogP contribution in [-0.2, 0) is 28.6 Å². The zero-order chi connectivity index (χ0) is 17.3. The van der Waals surface area contributed by atoms with Crippen molar-refractivity contribution in [3.8, 4) is 0 Å². The zero-order valence-corrected chi connectivity index (χ0v) is 16.3. The molecule has 2 aromatic carbocycles. The van der Waals surface area contributed by atoms with Crippen molar-refractivity contribution in [3.63, 3.8) is 0 Å². The van der Waals surface area contributed by atoms with Crippen molar-refractivity contribution in [2.45, 2.75) is 24.9 Å². The van der Waals surface area contributed by atoms with Crippen LogP contribution in [0.5, 0.6) is 0 Å². The monoisotopic (exact) mass is 446 g/mol. The summed E-state index contributed by atoms with van der Waals surface area (Å²) in [6.07, 6.45) is 1.03. The van der Waals surface area contributed by atoms with Crippen molar-refractivity contribution >= 4 is 31.7 Å². The molecule has 0 saturated carbocycles. The molecule has 4 rings (SSSR count). The van der Waals surface area contributed by atoms with Crippen molar-refractivity contribution < 1.29 is 15.7 Å². The number of carbonyl (C=O) groups excluding carboxylic acids is 2. The first-order valence-corrected chi connectivity index (χ1v) is 13.4. The van der Waals surface area contributed by atoms with Gasteiger partial charge in [0.15, 0.2) is 0 Å². The maximum atomic E-state index is 12.2. The van der Waals surface area contributed by atoms with Crippen LogP contribution in [0.1, 0.15) is 11.1 Å². The maximum absolute atomic E-state index is 12.2. The minimum atomic E-state index is -4.08. The topological polar surface area (TPSA) is 76.7 Å². The Hall–Kier alpha value is -1.90. The number of nitrogens with one attached hydrogen (secondary N) is 2. The van der Waals surface area contributed by atoms with Crippen LogP contribution in [0.2, 0.25) is 0 Å². The number of rotatable bonds is 4. The van der Waals surface area contributed by atoms with E-state index in [-0.39, 0.29) is 11.9 Å². The van der Waals surface area contributed by atoms with Crippen LogP contribution in [0.3, 0.4) is 0 Å². The molecule has 2 aromatic rings. The molecular weight excluding hydrogens is 427 g/mol. The molecule has 2 atom stereocenters. The van der Waals surface area contributed by atoms with Crippen LogP contribution >= 0.6 is 0 Å². The minimum absolute atomic E-state index is 0.347. The summed E-state index contributed by atoms with van der Waals surface area (Å²) >= 11 is -4.08. The average molecular weight is 445 g/mol. The molecule has 2 N–H and O–H groups in total. The fraction of sp³-hybridized carbons (Fsp3) is 0.222. The van der Waals surface area contributed by atoms with E-state index in [9.17, 15) is 9.59 Å². The van der Waals surface area contributed by atoms with Crippen molar-refractivity contribution in [2.75, 3.05) is 0 Å². The number of hydrogen-bond acceptors (Lipinski definition) is 6. The third-order valence-electron chi connectivity index (χ3n) is 4.35. The molecule has 0 aliphatic carbocycles. The van der Waals surface area contributed by atoms with E-state index in [1.165, 1.54) is 0 Å². The molecule has 0 aromatic heterocycles. The van der Waals surface area contributed by atoms with Crippen LogP contribution in [-0.4, -0.2) is 43.8 Å². The molecule has 128 valence electrons. The van der Waals surface area contributed by atoms with Gasteiger partial charge in [-0.3, -0.25) is 0 Å². The summed E-state index contributed by atoms with van der Waals surface area (Å²) in [5.41, 5.74) is 2.07. The van der Waals surface area contributed by atoms with Gasteiger partial charge >= 0.3 is 151 Å². The van der Waals surface area contributed by atoms with Gasteiger partial charge < -0.3 is 0 Å². The Kier molecular flexibility index (Phi) is 4.49. The Morgan fingerprint density at radius 1 is 0.720 bits per heavy atom.